The number of amides is 1. The number of hydrogen-bond acceptors (Lipinski definition) is 6. The molecule has 1 aromatic heterocycles. The number of anilines is 3. The third-order valence-corrected chi connectivity index (χ3v) is 2.57. The van der Waals surface area contributed by atoms with Gasteiger partial charge >= 0.3 is 0 Å². The number of nitrogens with zero attached hydrogens (tertiary/aromatic N) is 3. The lowest BCUT2D eigenvalue weighted by Gasteiger charge is -2.20. The van der Waals surface area contributed by atoms with Crippen LogP contribution in [0.4, 0.5) is 17.6 Å². The van der Waals surface area contributed by atoms with Crippen LogP contribution in [-0.4, -0.2) is 42.6 Å². The SMILES string of the molecule is CNc1cc(N2CCCNC(=O)C2)nc(N)n1. The molecule has 4 N–H and O–H groups in total. The van der Waals surface area contributed by atoms with Gasteiger partial charge in [-0.05, 0) is 6.42 Å². The molecule has 1 aromatic rings. The number of carbonyl (C=O) groups is 1. The summed E-state index contributed by atoms with van der Waals surface area (Å²) >= 11 is 0. The van der Waals surface area contributed by atoms with Gasteiger partial charge in [0.05, 0.1) is 6.54 Å². The van der Waals surface area contributed by atoms with E-state index in [4.69, 9.17) is 5.73 Å². The third kappa shape index (κ3) is 2.74. The zero-order chi connectivity index (χ0) is 12.3. The van der Waals surface area contributed by atoms with E-state index >= 15 is 0 Å². The zero-order valence-corrected chi connectivity index (χ0v) is 9.73. The number of rotatable bonds is 2. The van der Waals surface area contributed by atoms with Crippen LogP contribution in [0.2, 0.25) is 0 Å². The van der Waals surface area contributed by atoms with Crippen molar-refractivity contribution in [3.8, 4) is 0 Å². The molecule has 0 aliphatic carbocycles. The van der Waals surface area contributed by atoms with Gasteiger partial charge in [-0.2, -0.15) is 9.97 Å². The number of nitrogen functional groups attached to an aromatic ring is 1. The Morgan fingerprint density at radius 2 is 2.35 bits per heavy atom. The van der Waals surface area contributed by atoms with Gasteiger partial charge in [-0.25, -0.2) is 0 Å². The van der Waals surface area contributed by atoms with Gasteiger partial charge in [0, 0.05) is 26.2 Å². The van der Waals surface area contributed by atoms with E-state index in [9.17, 15) is 4.79 Å². The van der Waals surface area contributed by atoms with Crippen molar-refractivity contribution < 1.29 is 4.79 Å². The van der Waals surface area contributed by atoms with Gasteiger partial charge in [0.25, 0.3) is 0 Å². The molecule has 0 saturated carbocycles. The van der Waals surface area contributed by atoms with E-state index in [0.717, 1.165) is 13.0 Å². The van der Waals surface area contributed by atoms with E-state index in [1.54, 1.807) is 13.1 Å². The monoisotopic (exact) mass is 236 g/mol. The summed E-state index contributed by atoms with van der Waals surface area (Å²) in [5.74, 6) is 1.54. The van der Waals surface area contributed by atoms with Gasteiger partial charge < -0.3 is 21.3 Å². The Hall–Kier alpha value is -2.05. The molecule has 0 atom stereocenters. The molecule has 0 aromatic carbocycles. The predicted octanol–water partition coefficient (Wildman–Crippen LogP) is -0.573. The van der Waals surface area contributed by atoms with Crippen molar-refractivity contribution >= 4 is 23.5 Å². The summed E-state index contributed by atoms with van der Waals surface area (Å²) in [6, 6.07) is 1.79. The maximum atomic E-state index is 11.5. The number of hydrogen-bond donors (Lipinski definition) is 3. The molecule has 0 bridgehead atoms. The van der Waals surface area contributed by atoms with Gasteiger partial charge in [0.15, 0.2) is 0 Å². The van der Waals surface area contributed by atoms with Crippen molar-refractivity contribution in [3.05, 3.63) is 6.07 Å². The molecule has 0 spiro atoms. The molecule has 92 valence electrons. The first-order valence-electron chi connectivity index (χ1n) is 5.53. The van der Waals surface area contributed by atoms with Gasteiger partial charge in [0.2, 0.25) is 11.9 Å². The summed E-state index contributed by atoms with van der Waals surface area (Å²) in [4.78, 5) is 21.5. The van der Waals surface area contributed by atoms with Crippen molar-refractivity contribution in [3.63, 3.8) is 0 Å². The first-order chi connectivity index (χ1) is 8.19. The van der Waals surface area contributed by atoms with Crippen LogP contribution in [0.1, 0.15) is 6.42 Å². The van der Waals surface area contributed by atoms with Crippen LogP contribution in [0.15, 0.2) is 6.07 Å². The summed E-state index contributed by atoms with van der Waals surface area (Å²) < 4.78 is 0. The van der Waals surface area contributed by atoms with E-state index in [1.165, 1.54) is 0 Å². The molecule has 2 rings (SSSR count). The van der Waals surface area contributed by atoms with Gasteiger partial charge in [-0.3, -0.25) is 4.79 Å². The molecule has 17 heavy (non-hydrogen) atoms. The number of carbonyl (C=O) groups excluding carboxylic acids is 1. The fraction of sp³-hybridized carbons (Fsp3) is 0.500. The summed E-state index contributed by atoms with van der Waals surface area (Å²) in [5, 5.41) is 5.73. The highest BCUT2D eigenvalue weighted by atomic mass is 16.2. The summed E-state index contributed by atoms with van der Waals surface area (Å²) in [6.45, 7) is 1.78. The minimum Gasteiger partial charge on any atom is -0.373 e. The average molecular weight is 236 g/mol. The Labute approximate surface area is 99.4 Å². The van der Waals surface area contributed by atoms with Crippen molar-refractivity contribution in [2.75, 3.05) is 42.6 Å². The second-order valence-corrected chi connectivity index (χ2v) is 3.84. The zero-order valence-electron chi connectivity index (χ0n) is 9.73. The number of aromatic nitrogens is 2. The molecule has 7 nitrogen and oxygen atoms in total. The molecule has 1 aliphatic rings. The third-order valence-electron chi connectivity index (χ3n) is 2.57. The minimum atomic E-state index is 0.00527. The van der Waals surface area contributed by atoms with Gasteiger partial charge in [0.1, 0.15) is 11.6 Å². The molecular formula is C10H16N6O. The minimum absolute atomic E-state index is 0.00527. The highest BCUT2D eigenvalue weighted by Gasteiger charge is 2.17. The lowest BCUT2D eigenvalue weighted by Crippen LogP contribution is -2.33. The van der Waals surface area contributed by atoms with Crippen molar-refractivity contribution in [2.45, 2.75) is 6.42 Å². The largest absolute Gasteiger partial charge is 0.373 e. The van der Waals surface area contributed by atoms with E-state index < -0.39 is 0 Å². The van der Waals surface area contributed by atoms with E-state index in [2.05, 4.69) is 20.6 Å². The summed E-state index contributed by atoms with van der Waals surface area (Å²) in [5.41, 5.74) is 5.63. The van der Waals surface area contributed by atoms with E-state index in [0.29, 0.717) is 24.7 Å². The summed E-state index contributed by atoms with van der Waals surface area (Å²) in [6.07, 6.45) is 0.893. The number of nitrogens with one attached hydrogen (secondary N) is 2. The predicted molar refractivity (Wildman–Crippen MR) is 65.8 cm³/mol. The van der Waals surface area contributed by atoms with E-state index in [1.807, 2.05) is 4.90 Å². The molecule has 0 unspecified atom stereocenters. The Morgan fingerprint density at radius 1 is 1.53 bits per heavy atom. The molecule has 7 heteroatoms. The molecule has 1 saturated heterocycles. The Kier molecular flexibility index (Phi) is 3.27. The lowest BCUT2D eigenvalue weighted by molar-refractivity contribution is -0.119. The highest BCUT2D eigenvalue weighted by molar-refractivity contribution is 5.81. The summed E-state index contributed by atoms with van der Waals surface area (Å²) in [7, 11) is 1.76. The Balaban J connectivity index is 2.25. The quantitative estimate of drug-likeness (QED) is 0.636. The smallest absolute Gasteiger partial charge is 0.239 e. The van der Waals surface area contributed by atoms with Crippen molar-refractivity contribution in [2.24, 2.45) is 0 Å². The van der Waals surface area contributed by atoms with Crippen LogP contribution >= 0.6 is 0 Å². The molecule has 0 radical (unpaired) electrons. The molecule has 1 aliphatic heterocycles. The van der Waals surface area contributed by atoms with E-state index in [-0.39, 0.29) is 11.9 Å². The molecule has 2 heterocycles. The Bertz CT molecular complexity index is 421. The van der Waals surface area contributed by atoms with Crippen LogP contribution in [0.5, 0.6) is 0 Å². The lowest BCUT2D eigenvalue weighted by atomic mass is 10.3. The van der Waals surface area contributed by atoms with Crippen LogP contribution in [0.3, 0.4) is 0 Å². The van der Waals surface area contributed by atoms with Crippen molar-refractivity contribution in [1.29, 1.82) is 0 Å². The first kappa shape index (κ1) is 11.4. The van der Waals surface area contributed by atoms with Crippen LogP contribution < -0.4 is 21.3 Å². The normalized spacial score (nSPS) is 16.3. The molecular weight excluding hydrogens is 220 g/mol. The number of nitrogens with two attached hydrogens (primary N) is 1. The van der Waals surface area contributed by atoms with Crippen LogP contribution in [0.25, 0.3) is 0 Å². The maximum absolute atomic E-state index is 11.5. The molecule has 1 amide bonds. The fourth-order valence-corrected chi connectivity index (χ4v) is 1.74. The Morgan fingerprint density at radius 3 is 3.12 bits per heavy atom. The second kappa shape index (κ2) is 4.86. The van der Waals surface area contributed by atoms with Crippen molar-refractivity contribution in [1.82, 2.24) is 15.3 Å². The van der Waals surface area contributed by atoms with Crippen LogP contribution in [-0.2, 0) is 4.79 Å². The first-order valence-corrected chi connectivity index (χ1v) is 5.53. The molecule has 1 fully saturated rings. The fourth-order valence-electron chi connectivity index (χ4n) is 1.74. The second-order valence-electron chi connectivity index (χ2n) is 3.84. The average Bonchev–Trinajstić information content (AvgIpc) is 2.53. The van der Waals surface area contributed by atoms with Gasteiger partial charge in [-0.15, -0.1) is 0 Å². The highest BCUT2D eigenvalue weighted by Crippen LogP contribution is 2.17. The van der Waals surface area contributed by atoms with Gasteiger partial charge in [-0.1, -0.05) is 0 Å². The maximum Gasteiger partial charge on any atom is 0.239 e. The topological polar surface area (TPSA) is 96.2 Å². The van der Waals surface area contributed by atoms with Crippen LogP contribution in [0, 0.1) is 0 Å². The standard InChI is InChI=1S/C10H16N6O/c1-12-7-5-8(15-10(11)14-7)16-4-2-3-13-9(17)6-16/h5H,2-4,6H2,1H3,(H,13,17)(H3,11,12,14,15).